The topological polar surface area (TPSA) is 51.6 Å². The van der Waals surface area contributed by atoms with Crippen LogP contribution in [0.3, 0.4) is 0 Å². The number of pyridine rings is 4. The highest BCUT2D eigenvalue weighted by Gasteiger charge is 2.46. The van der Waals surface area contributed by atoms with Crippen molar-refractivity contribution in [2.75, 3.05) is 0 Å². The van der Waals surface area contributed by atoms with Crippen LogP contribution in [0.25, 0.3) is 88.5 Å². The summed E-state index contributed by atoms with van der Waals surface area (Å²) < 4.78 is 0. The SMILES string of the molecule is c1ccc(C2(c3ccccc3)c3ccccc3-c3ccc(-c4cc(-c5ccc(-c6cnc7c(ccc8cccnc87)c6)cn5)cc(-c5cccc6ncccc56)c4)cc32)cc1. The molecule has 0 unspecified atom stereocenters. The summed E-state index contributed by atoms with van der Waals surface area (Å²) in [4.78, 5) is 19.3. The molecule has 0 saturated heterocycles. The van der Waals surface area contributed by atoms with E-state index in [1.807, 2.05) is 36.9 Å². The third kappa shape index (κ3) is 5.61. The Labute approximate surface area is 353 Å². The molecule has 0 aliphatic heterocycles. The van der Waals surface area contributed by atoms with E-state index < -0.39 is 5.41 Å². The van der Waals surface area contributed by atoms with Crippen molar-refractivity contribution in [3.63, 3.8) is 0 Å². The second-order valence-electron chi connectivity index (χ2n) is 15.8. The van der Waals surface area contributed by atoms with Crippen LogP contribution >= 0.6 is 0 Å². The average molecular weight is 777 g/mol. The molecule has 1 aliphatic carbocycles. The molecule has 4 aromatic heterocycles. The largest absolute Gasteiger partial charge is 0.256 e. The molecule has 11 aromatic rings. The van der Waals surface area contributed by atoms with E-state index in [2.05, 4.69) is 187 Å². The van der Waals surface area contributed by atoms with Crippen LogP contribution in [0.4, 0.5) is 0 Å². The number of benzene rings is 7. The number of nitrogens with zero attached hydrogens (tertiary/aromatic N) is 4. The molecule has 0 atom stereocenters. The minimum absolute atomic E-state index is 0.495. The first-order valence-electron chi connectivity index (χ1n) is 20.7. The molecule has 284 valence electrons. The molecule has 4 heteroatoms. The minimum Gasteiger partial charge on any atom is -0.256 e. The van der Waals surface area contributed by atoms with E-state index in [1.54, 1.807) is 0 Å². The Morgan fingerprint density at radius 2 is 1.00 bits per heavy atom. The predicted molar refractivity (Wildman–Crippen MR) is 249 cm³/mol. The summed E-state index contributed by atoms with van der Waals surface area (Å²) in [6, 6.07) is 70.1. The summed E-state index contributed by atoms with van der Waals surface area (Å²) in [5.74, 6) is 0. The zero-order valence-corrected chi connectivity index (χ0v) is 33.1. The molecule has 4 heterocycles. The Morgan fingerprint density at radius 3 is 1.84 bits per heavy atom. The van der Waals surface area contributed by atoms with Crippen molar-refractivity contribution in [2.24, 2.45) is 0 Å². The molecule has 1 aliphatic rings. The van der Waals surface area contributed by atoms with Crippen molar-refractivity contribution in [1.82, 2.24) is 19.9 Å². The maximum atomic E-state index is 5.12. The van der Waals surface area contributed by atoms with Gasteiger partial charge in [0.25, 0.3) is 0 Å². The maximum Gasteiger partial charge on any atom is 0.0964 e. The smallest absolute Gasteiger partial charge is 0.0964 e. The highest BCUT2D eigenvalue weighted by atomic mass is 14.7. The molecule has 0 bridgehead atoms. The van der Waals surface area contributed by atoms with Crippen LogP contribution in [-0.4, -0.2) is 19.9 Å². The van der Waals surface area contributed by atoms with Crippen LogP contribution in [-0.2, 0) is 5.41 Å². The van der Waals surface area contributed by atoms with Gasteiger partial charge >= 0.3 is 0 Å². The van der Waals surface area contributed by atoms with Gasteiger partial charge in [-0.3, -0.25) is 19.9 Å². The van der Waals surface area contributed by atoms with Gasteiger partial charge < -0.3 is 0 Å². The molecule has 0 N–H and O–H groups in total. The monoisotopic (exact) mass is 776 g/mol. The van der Waals surface area contributed by atoms with Gasteiger partial charge in [0.1, 0.15) is 0 Å². The molecule has 12 rings (SSSR count). The number of aromatic nitrogens is 4. The minimum atomic E-state index is -0.495. The summed E-state index contributed by atoms with van der Waals surface area (Å²) in [7, 11) is 0. The number of fused-ring (bicyclic) bond motifs is 7. The van der Waals surface area contributed by atoms with Gasteiger partial charge in [0.05, 0.1) is 27.7 Å². The Hall–Kier alpha value is -8.08. The number of hydrogen-bond donors (Lipinski definition) is 0. The van der Waals surface area contributed by atoms with E-state index in [1.165, 1.54) is 33.4 Å². The molecule has 0 radical (unpaired) electrons. The first-order valence-corrected chi connectivity index (χ1v) is 20.7. The van der Waals surface area contributed by atoms with Crippen molar-refractivity contribution in [3.05, 3.63) is 241 Å². The van der Waals surface area contributed by atoms with Gasteiger partial charge in [-0.15, -0.1) is 0 Å². The van der Waals surface area contributed by atoms with E-state index in [0.29, 0.717) is 0 Å². The molecule has 0 spiro atoms. The highest BCUT2D eigenvalue weighted by molar-refractivity contribution is 6.03. The zero-order chi connectivity index (χ0) is 40.3. The van der Waals surface area contributed by atoms with Gasteiger partial charge in [-0.05, 0) is 110 Å². The van der Waals surface area contributed by atoms with Crippen molar-refractivity contribution >= 4 is 32.7 Å². The standard InChI is InChI=1S/C57H36N4/c1-3-13-45(14-4-1)57(46-15-5-2-6-16-46)51-20-8-7-17-48(51)49-26-24-38(34-52(49)57)41-31-42(47-18-9-21-54-50(47)19-11-28-58-54)33-43(32-41)53-27-25-40(35-60-53)44-30-39-23-22-37-12-10-29-59-55(37)56(39)61-36-44/h1-36H. The molecular weight excluding hydrogens is 741 g/mol. The van der Waals surface area contributed by atoms with Crippen LogP contribution < -0.4 is 0 Å². The van der Waals surface area contributed by atoms with Gasteiger partial charge in [-0.2, -0.15) is 0 Å². The quantitative estimate of drug-likeness (QED) is 0.158. The van der Waals surface area contributed by atoms with Gasteiger partial charge in [0, 0.05) is 57.6 Å². The lowest BCUT2D eigenvalue weighted by Crippen LogP contribution is -2.28. The number of rotatable bonds is 6. The predicted octanol–water partition coefficient (Wildman–Crippen LogP) is 13.8. The maximum absolute atomic E-state index is 5.12. The fraction of sp³-hybridized carbons (Fsp3) is 0.0175. The third-order valence-electron chi connectivity index (χ3n) is 12.5. The Morgan fingerprint density at radius 1 is 0.328 bits per heavy atom. The van der Waals surface area contributed by atoms with E-state index in [-0.39, 0.29) is 0 Å². The van der Waals surface area contributed by atoms with Crippen LogP contribution in [0.1, 0.15) is 22.3 Å². The molecule has 61 heavy (non-hydrogen) atoms. The van der Waals surface area contributed by atoms with Crippen molar-refractivity contribution in [3.8, 4) is 55.8 Å². The Kier molecular flexibility index (Phi) is 8.04. The number of hydrogen-bond acceptors (Lipinski definition) is 4. The van der Waals surface area contributed by atoms with E-state index in [0.717, 1.165) is 77.3 Å². The van der Waals surface area contributed by atoms with Gasteiger partial charge in [0.15, 0.2) is 0 Å². The first kappa shape index (κ1) is 34.9. The summed E-state index contributed by atoms with van der Waals surface area (Å²) in [6.45, 7) is 0. The molecule has 7 aromatic carbocycles. The van der Waals surface area contributed by atoms with Crippen LogP contribution in [0.2, 0.25) is 0 Å². The highest BCUT2D eigenvalue weighted by Crippen LogP contribution is 2.56. The average Bonchev–Trinajstić information content (AvgIpc) is 3.64. The fourth-order valence-electron chi connectivity index (χ4n) is 9.71. The van der Waals surface area contributed by atoms with E-state index in [9.17, 15) is 0 Å². The zero-order valence-electron chi connectivity index (χ0n) is 33.1. The normalized spacial score (nSPS) is 12.7. The lowest BCUT2D eigenvalue weighted by atomic mass is 9.67. The molecule has 4 nitrogen and oxygen atoms in total. The van der Waals surface area contributed by atoms with Crippen molar-refractivity contribution in [1.29, 1.82) is 0 Å². The second kappa shape index (κ2) is 14.0. The van der Waals surface area contributed by atoms with Crippen molar-refractivity contribution < 1.29 is 0 Å². The summed E-state index contributed by atoms with van der Waals surface area (Å²) in [5.41, 5.74) is 18.3. The summed E-state index contributed by atoms with van der Waals surface area (Å²) >= 11 is 0. The van der Waals surface area contributed by atoms with Crippen LogP contribution in [0, 0.1) is 0 Å². The Balaban J connectivity index is 1.03. The van der Waals surface area contributed by atoms with E-state index in [4.69, 9.17) is 15.0 Å². The molecule has 0 amide bonds. The van der Waals surface area contributed by atoms with Crippen molar-refractivity contribution in [2.45, 2.75) is 5.41 Å². The van der Waals surface area contributed by atoms with Crippen LogP contribution in [0.5, 0.6) is 0 Å². The Bertz CT molecular complexity index is 3420. The second-order valence-corrected chi connectivity index (χ2v) is 15.8. The lowest BCUT2D eigenvalue weighted by molar-refractivity contribution is 0.769. The third-order valence-corrected chi connectivity index (χ3v) is 12.5. The molecule has 0 fully saturated rings. The lowest BCUT2D eigenvalue weighted by Gasteiger charge is -2.34. The first-order chi connectivity index (χ1) is 30.2. The fourth-order valence-corrected chi connectivity index (χ4v) is 9.71. The summed E-state index contributed by atoms with van der Waals surface area (Å²) in [6.07, 6.45) is 7.57. The van der Waals surface area contributed by atoms with Gasteiger partial charge in [0.2, 0.25) is 0 Å². The van der Waals surface area contributed by atoms with Gasteiger partial charge in [-0.1, -0.05) is 140 Å². The molecule has 0 saturated carbocycles. The van der Waals surface area contributed by atoms with Crippen LogP contribution in [0.15, 0.2) is 219 Å². The summed E-state index contributed by atoms with van der Waals surface area (Å²) in [5, 5.41) is 3.25. The van der Waals surface area contributed by atoms with E-state index >= 15 is 0 Å². The molecular formula is C57H36N4. The van der Waals surface area contributed by atoms with Gasteiger partial charge in [-0.25, -0.2) is 0 Å².